The van der Waals surface area contributed by atoms with Gasteiger partial charge in [-0.3, -0.25) is 10.1 Å². The van der Waals surface area contributed by atoms with Crippen LogP contribution in [0.5, 0.6) is 0 Å². The van der Waals surface area contributed by atoms with Crippen LogP contribution in [0.3, 0.4) is 0 Å². The Morgan fingerprint density at radius 3 is 2.73 bits per heavy atom. The van der Waals surface area contributed by atoms with E-state index in [0.29, 0.717) is 11.1 Å². The summed E-state index contributed by atoms with van der Waals surface area (Å²) in [5, 5.41) is 31.7. The number of rotatable bonds is 5. The number of hydrogen-bond donors (Lipinski definition) is 2. The Morgan fingerprint density at radius 1 is 1.32 bits per heavy atom. The SMILES string of the molecule is N#Cc1ccc(F)c(CNc2cc(CO)ccc2[N+](=O)[O-])c1. The van der Waals surface area contributed by atoms with Gasteiger partial charge < -0.3 is 10.4 Å². The average Bonchev–Trinajstić information content (AvgIpc) is 2.53. The third-order valence-corrected chi connectivity index (χ3v) is 3.08. The van der Waals surface area contributed by atoms with Crippen LogP contribution in [-0.2, 0) is 13.2 Å². The molecule has 6 nitrogen and oxygen atoms in total. The van der Waals surface area contributed by atoms with Gasteiger partial charge in [0.2, 0.25) is 0 Å². The van der Waals surface area contributed by atoms with E-state index in [1.54, 1.807) is 0 Å². The lowest BCUT2D eigenvalue weighted by Gasteiger charge is -2.09. The largest absolute Gasteiger partial charge is 0.392 e. The van der Waals surface area contributed by atoms with E-state index in [-0.39, 0.29) is 30.1 Å². The number of halogens is 1. The molecule has 22 heavy (non-hydrogen) atoms. The fraction of sp³-hybridized carbons (Fsp3) is 0.133. The van der Waals surface area contributed by atoms with Gasteiger partial charge in [0.05, 0.1) is 23.2 Å². The molecule has 0 aliphatic carbocycles. The molecule has 112 valence electrons. The zero-order valence-electron chi connectivity index (χ0n) is 11.4. The Bertz CT molecular complexity index is 756. The lowest BCUT2D eigenvalue weighted by molar-refractivity contribution is -0.384. The molecule has 0 amide bonds. The Kier molecular flexibility index (Phi) is 4.66. The van der Waals surface area contributed by atoms with Crippen molar-refractivity contribution in [2.24, 2.45) is 0 Å². The van der Waals surface area contributed by atoms with Crippen LogP contribution in [0.2, 0.25) is 0 Å². The van der Waals surface area contributed by atoms with E-state index in [1.165, 1.54) is 36.4 Å². The number of nitrogens with one attached hydrogen (secondary N) is 1. The van der Waals surface area contributed by atoms with Crippen molar-refractivity contribution in [3.63, 3.8) is 0 Å². The molecule has 7 heteroatoms. The van der Waals surface area contributed by atoms with Gasteiger partial charge in [0.1, 0.15) is 11.5 Å². The number of anilines is 1. The van der Waals surface area contributed by atoms with Crippen LogP contribution in [0.4, 0.5) is 15.8 Å². The maximum Gasteiger partial charge on any atom is 0.292 e. The second-order valence-electron chi connectivity index (χ2n) is 4.54. The van der Waals surface area contributed by atoms with Crippen LogP contribution in [0.1, 0.15) is 16.7 Å². The smallest absolute Gasteiger partial charge is 0.292 e. The molecule has 0 aliphatic heterocycles. The maximum atomic E-state index is 13.7. The minimum absolute atomic E-state index is 0.0168. The molecule has 0 bridgehead atoms. The van der Waals surface area contributed by atoms with E-state index in [2.05, 4.69) is 5.32 Å². The van der Waals surface area contributed by atoms with Gasteiger partial charge in [-0.15, -0.1) is 0 Å². The van der Waals surface area contributed by atoms with E-state index in [1.807, 2.05) is 6.07 Å². The molecule has 0 heterocycles. The number of nitro benzene ring substituents is 1. The van der Waals surface area contributed by atoms with Crippen molar-refractivity contribution in [1.82, 2.24) is 0 Å². The normalized spacial score (nSPS) is 10.0. The van der Waals surface area contributed by atoms with Crippen molar-refractivity contribution in [1.29, 1.82) is 5.26 Å². The predicted octanol–water partition coefficient (Wildman–Crippen LogP) is 2.71. The summed E-state index contributed by atoms with van der Waals surface area (Å²) in [6, 6.07) is 9.97. The van der Waals surface area contributed by atoms with Crippen molar-refractivity contribution < 1.29 is 14.4 Å². The van der Waals surface area contributed by atoms with E-state index in [0.717, 1.165) is 0 Å². The fourth-order valence-electron chi connectivity index (χ4n) is 1.95. The molecule has 2 N–H and O–H groups in total. The van der Waals surface area contributed by atoms with Crippen molar-refractivity contribution in [3.8, 4) is 6.07 Å². The van der Waals surface area contributed by atoms with E-state index >= 15 is 0 Å². The Labute approximate surface area is 125 Å². The maximum absolute atomic E-state index is 13.7. The summed E-state index contributed by atoms with van der Waals surface area (Å²) < 4.78 is 13.7. The highest BCUT2D eigenvalue weighted by Gasteiger charge is 2.14. The van der Waals surface area contributed by atoms with Crippen molar-refractivity contribution in [2.45, 2.75) is 13.2 Å². The number of aliphatic hydroxyl groups excluding tert-OH is 1. The van der Waals surface area contributed by atoms with E-state index in [9.17, 15) is 14.5 Å². The van der Waals surface area contributed by atoms with Gasteiger partial charge in [0.25, 0.3) is 5.69 Å². The molecule has 0 saturated carbocycles. The van der Waals surface area contributed by atoms with Gasteiger partial charge in [-0.2, -0.15) is 5.26 Å². The molecule has 0 saturated heterocycles. The minimum atomic E-state index is -0.564. The van der Waals surface area contributed by atoms with Crippen LogP contribution in [0.25, 0.3) is 0 Å². The van der Waals surface area contributed by atoms with Gasteiger partial charge in [-0.1, -0.05) is 0 Å². The van der Waals surface area contributed by atoms with Crippen LogP contribution < -0.4 is 5.32 Å². The molecule has 0 spiro atoms. The zero-order valence-corrected chi connectivity index (χ0v) is 11.4. The lowest BCUT2D eigenvalue weighted by Crippen LogP contribution is -2.05. The first-order valence-corrected chi connectivity index (χ1v) is 6.35. The summed E-state index contributed by atoms with van der Waals surface area (Å²) >= 11 is 0. The first-order valence-electron chi connectivity index (χ1n) is 6.35. The standard InChI is InChI=1S/C15H12FN3O3/c16-13-3-1-10(7-17)5-12(13)8-18-14-6-11(9-20)2-4-15(14)19(21)22/h1-6,18,20H,8-9H2. The van der Waals surface area contributed by atoms with Crippen LogP contribution in [-0.4, -0.2) is 10.0 Å². The van der Waals surface area contributed by atoms with Crippen molar-refractivity contribution >= 4 is 11.4 Å². The number of benzene rings is 2. The summed E-state index contributed by atoms with van der Waals surface area (Å²) in [5.74, 6) is -0.507. The van der Waals surface area contributed by atoms with Crippen LogP contribution >= 0.6 is 0 Å². The first kappa shape index (κ1) is 15.4. The molecule has 0 fully saturated rings. The van der Waals surface area contributed by atoms with Gasteiger partial charge in [0, 0.05) is 18.2 Å². The monoisotopic (exact) mass is 301 g/mol. The molecule has 2 aromatic carbocycles. The van der Waals surface area contributed by atoms with E-state index < -0.39 is 10.7 Å². The Balaban J connectivity index is 2.28. The van der Waals surface area contributed by atoms with E-state index in [4.69, 9.17) is 10.4 Å². The summed E-state index contributed by atoms with van der Waals surface area (Å²) in [4.78, 5) is 10.4. The molecular formula is C15H12FN3O3. The average molecular weight is 301 g/mol. The van der Waals surface area contributed by atoms with Crippen molar-refractivity contribution in [3.05, 3.63) is 69.0 Å². The summed E-state index contributed by atoms with van der Waals surface area (Å²) in [6.07, 6.45) is 0. The number of hydrogen-bond acceptors (Lipinski definition) is 5. The second kappa shape index (κ2) is 6.65. The lowest BCUT2D eigenvalue weighted by atomic mass is 10.1. The highest BCUT2D eigenvalue weighted by atomic mass is 19.1. The molecule has 2 rings (SSSR count). The highest BCUT2D eigenvalue weighted by Crippen LogP contribution is 2.26. The Hall–Kier alpha value is -2.98. The molecular weight excluding hydrogens is 289 g/mol. The van der Waals surface area contributed by atoms with Crippen LogP contribution in [0.15, 0.2) is 36.4 Å². The van der Waals surface area contributed by atoms with Gasteiger partial charge in [-0.05, 0) is 35.9 Å². The molecule has 0 atom stereocenters. The third kappa shape index (κ3) is 3.37. The molecule has 0 unspecified atom stereocenters. The van der Waals surface area contributed by atoms with Crippen LogP contribution in [0, 0.1) is 27.3 Å². The molecule has 0 radical (unpaired) electrons. The predicted molar refractivity (Wildman–Crippen MR) is 77.5 cm³/mol. The summed E-state index contributed by atoms with van der Waals surface area (Å²) in [6.45, 7) is -0.276. The Morgan fingerprint density at radius 2 is 2.09 bits per heavy atom. The second-order valence-corrected chi connectivity index (χ2v) is 4.54. The highest BCUT2D eigenvalue weighted by molar-refractivity contribution is 5.63. The van der Waals surface area contributed by atoms with Gasteiger partial charge in [-0.25, -0.2) is 4.39 Å². The summed E-state index contributed by atoms with van der Waals surface area (Å²) in [5.41, 5.74) is 1.03. The number of aliphatic hydroxyl groups is 1. The fourth-order valence-corrected chi connectivity index (χ4v) is 1.95. The summed E-state index contributed by atoms with van der Waals surface area (Å²) in [7, 11) is 0. The zero-order chi connectivity index (χ0) is 16.1. The first-order chi connectivity index (χ1) is 10.5. The quantitative estimate of drug-likeness (QED) is 0.653. The number of nitriles is 1. The molecule has 0 aliphatic rings. The van der Waals surface area contributed by atoms with Gasteiger partial charge >= 0.3 is 0 Å². The van der Waals surface area contributed by atoms with Crippen molar-refractivity contribution in [2.75, 3.05) is 5.32 Å². The number of nitrogens with zero attached hydrogens (tertiary/aromatic N) is 2. The van der Waals surface area contributed by atoms with Gasteiger partial charge in [0.15, 0.2) is 0 Å². The topological polar surface area (TPSA) is 99.2 Å². The minimum Gasteiger partial charge on any atom is -0.392 e. The molecule has 2 aromatic rings. The third-order valence-electron chi connectivity index (χ3n) is 3.08. The molecule has 0 aromatic heterocycles. The number of nitro groups is 1.